The Morgan fingerprint density at radius 3 is 2.86 bits per heavy atom. The van der Waals surface area contributed by atoms with Crippen LogP contribution in [0.1, 0.15) is 50.4 Å². The predicted octanol–water partition coefficient (Wildman–Crippen LogP) is 3.36. The van der Waals surface area contributed by atoms with Crippen molar-refractivity contribution in [1.29, 1.82) is 0 Å². The van der Waals surface area contributed by atoms with Gasteiger partial charge in [0.15, 0.2) is 0 Å². The van der Waals surface area contributed by atoms with Crippen molar-refractivity contribution >= 4 is 15.9 Å². The standard InChI is InChI=1S/C16H28BrN3O/c1-4-8-18-13(10-14-7-5-6-9-21-14)11-15-16(17)12(2)19-20(15)3/h13-14,18H,4-11H2,1-3H3. The molecule has 1 aliphatic heterocycles. The van der Waals surface area contributed by atoms with Crippen molar-refractivity contribution in [3.05, 3.63) is 15.9 Å². The minimum Gasteiger partial charge on any atom is -0.378 e. The minimum atomic E-state index is 0.418. The van der Waals surface area contributed by atoms with E-state index in [-0.39, 0.29) is 0 Å². The van der Waals surface area contributed by atoms with Gasteiger partial charge in [0.25, 0.3) is 0 Å². The highest BCUT2D eigenvalue weighted by atomic mass is 79.9. The number of hydrogen-bond acceptors (Lipinski definition) is 3. The van der Waals surface area contributed by atoms with Crippen LogP contribution in [0.2, 0.25) is 0 Å². The number of halogens is 1. The average molecular weight is 358 g/mol. The monoisotopic (exact) mass is 357 g/mol. The SMILES string of the molecule is CCCNC(Cc1c(Br)c(C)nn1C)CC1CCCCO1. The maximum Gasteiger partial charge on any atom is 0.0738 e. The number of hydrogen-bond donors (Lipinski definition) is 1. The zero-order valence-electron chi connectivity index (χ0n) is 13.5. The summed E-state index contributed by atoms with van der Waals surface area (Å²) in [5.41, 5.74) is 2.34. The smallest absolute Gasteiger partial charge is 0.0738 e. The fraction of sp³-hybridized carbons (Fsp3) is 0.812. The Morgan fingerprint density at radius 2 is 2.29 bits per heavy atom. The third-order valence-corrected chi connectivity index (χ3v) is 5.24. The first-order valence-corrected chi connectivity index (χ1v) is 8.94. The summed E-state index contributed by atoms with van der Waals surface area (Å²) in [6.45, 7) is 6.25. The van der Waals surface area contributed by atoms with Gasteiger partial charge in [-0.15, -0.1) is 0 Å². The van der Waals surface area contributed by atoms with Crippen molar-refractivity contribution in [2.75, 3.05) is 13.2 Å². The van der Waals surface area contributed by atoms with Crippen LogP contribution in [0.3, 0.4) is 0 Å². The van der Waals surface area contributed by atoms with E-state index in [1.807, 2.05) is 18.7 Å². The van der Waals surface area contributed by atoms with Crippen LogP contribution in [-0.2, 0) is 18.2 Å². The Bertz CT molecular complexity index is 441. The summed E-state index contributed by atoms with van der Waals surface area (Å²) in [5, 5.41) is 8.19. The molecule has 21 heavy (non-hydrogen) atoms. The zero-order valence-corrected chi connectivity index (χ0v) is 15.1. The van der Waals surface area contributed by atoms with E-state index in [2.05, 4.69) is 33.3 Å². The van der Waals surface area contributed by atoms with Crippen LogP contribution in [-0.4, -0.2) is 35.1 Å². The molecule has 1 fully saturated rings. The molecule has 1 saturated heterocycles. The molecule has 0 spiro atoms. The van der Waals surface area contributed by atoms with Gasteiger partial charge in [-0.3, -0.25) is 4.68 Å². The maximum atomic E-state index is 5.92. The van der Waals surface area contributed by atoms with Crippen LogP contribution in [0.5, 0.6) is 0 Å². The van der Waals surface area contributed by atoms with E-state index in [9.17, 15) is 0 Å². The van der Waals surface area contributed by atoms with E-state index < -0.39 is 0 Å². The number of ether oxygens (including phenoxy) is 1. The maximum absolute atomic E-state index is 5.92. The molecule has 1 aromatic rings. The molecule has 2 unspecified atom stereocenters. The Morgan fingerprint density at radius 1 is 1.48 bits per heavy atom. The largest absolute Gasteiger partial charge is 0.378 e. The molecule has 0 radical (unpaired) electrons. The molecule has 2 atom stereocenters. The molecule has 2 heterocycles. The van der Waals surface area contributed by atoms with E-state index in [1.165, 1.54) is 25.0 Å². The molecule has 0 aliphatic carbocycles. The highest BCUT2D eigenvalue weighted by Gasteiger charge is 2.22. The first kappa shape index (κ1) is 17.0. The van der Waals surface area contributed by atoms with Gasteiger partial charge in [0.1, 0.15) is 0 Å². The summed E-state index contributed by atoms with van der Waals surface area (Å²) in [7, 11) is 2.03. The van der Waals surface area contributed by atoms with Crippen molar-refractivity contribution in [2.45, 2.75) is 64.5 Å². The predicted molar refractivity (Wildman–Crippen MR) is 89.6 cm³/mol. The summed E-state index contributed by atoms with van der Waals surface area (Å²) in [6, 6.07) is 0.458. The lowest BCUT2D eigenvalue weighted by molar-refractivity contribution is 0.00515. The van der Waals surface area contributed by atoms with E-state index in [0.29, 0.717) is 12.1 Å². The normalized spacial score (nSPS) is 20.7. The fourth-order valence-electron chi connectivity index (χ4n) is 3.03. The zero-order chi connectivity index (χ0) is 15.2. The fourth-order valence-corrected chi connectivity index (χ4v) is 3.53. The summed E-state index contributed by atoms with van der Waals surface area (Å²) in [5.74, 6) is 0. The third kappa shape index (κ3) is 4.80. The molecule has 0 bridgehead atoms. The van der Waals surface area contributed by atoms with Gasteiger partial charge < -0.3 is 10.1 Å². The summed E-state index contributed by atoms with van der Waals surface area (Å²) in [6.07, 6.45) is 7.40. The number of rotatable bonds is 7. The lowest BCUT2D eigenvalue weighted by atomic mass is 9.98. The van der Waals surface area contributed by atoms with Gasteiger partial charge in [-0.25, -0.2) is 0 Å². The molecule has 1 aliphatic rings. The molecule has 120 valence electrons. The molecule has 5 heteroatoms. The van der Waals surface area contributed by atoms with Gasteiger partial charge in [0.2, 0.25) is 0 Å². The molecule has 2 rings (SSSR count). The minimum absolute atomic E-state index is 0.418. The molecule has 1 aromatic heterocycles. The topological polar surface area (TPSA) is 39.1 Å². The van der Waals surface area contributed by atoms with Crippen LogP contribution in [0, 0.1) is 6.92 Å². The van der Waals surface area contributed by atoms with Gasteiger partial charge in [-0.1, -0.05) is 6.92 Å². The second-order valence-corrected chi connectivity index (χ2v) is 6.84. The highest BCUT2D eigenvalue weighted by molar-refractivity contribution is 9.10. The third-order valence-electron chi connectivity index (χ3n) is 4.21. The molecule has 0 saturated carbocycles. The van der Waals surface area contributed by atoms with Crippen molar-refractivity contribution in [2.24, 2.45) is 7.05 Å². The summed E-state index contributed by atoms with van der Waals surface area (Å²) in [4.78, 5) is 0. The number of aryl methyl sites for hydroxylation is 2. The molecule has 0 aromatic carbocycles. The lowest BCUT2D eigenvalue weighted by Crippen LogP contribution is -2.37. The average Bonchev–Trinajstić information content (AvgIpc) is 2.72. The van der Waals surface area contributed by atoms with Gasteiger partial charge in [-0.05, 0) is 61.5 Å². The number of nitrogens with one attached hydrogen (secondary N) is 1. The highest BCUT2D eigenvalue weighted by Crippen LogP contribution is 2.24. The Labute approximate surface area is 136 Å². The number of nitrogens with zero attached hydrogens (tertiary/aromatic N) is 2. The van der Waals surface area contributed by atoms with Crippen LogP contribution < -0.4 is 5.32 Å². The van der Waals surface area contributed by atoms with Gasteiger partial charge >= 0.3 is 0 Å². The Balaban J connectivity index is 2.00. The van der Waals surface area contributed by atoms with E-state index in [1.54, 1.807) is 0 Å². The first-order chi connectivity index (χ1) is 10.1. The van der Waals surface area contributed by atoms with Crippen LogP contribution >= 0.6 is 15.9 Å². The van der Waals surface area contributed by atoms with Crippen molar-refractivity contribution < 1.29 is 4.74 Å². The van der Waals surface area contributed by atoms with Gasteiger partial charge in [0, 0.05) is 26.1 Å². The summed E-state index contributed by atoms with van der Waals surface area (Å²) >= 11 is 3.68. The molecular formula is C16H28BrN3O. The second-order valence-electron chi connectivity index (χ2n) is 6.05. The van der Waals surface area contributed by atoms with E-state index in [4.69, 9.17) is 4.74 Å². The Kier molecular flexibility index (Phi) is 6.71. The van der Waals surface area contributed by atoms with Gasteiger partial charge in [0.05, 0.1) is 22.0 Å². The summed E-state index contributed by atoms with van der Waals surface area (Å²) < 4.78 is 9.07. The van der Waals surface area contributed by atoms with Crippen molar-refractivity contribution in [1.82, 2.24) is 15.1 Å². The quantitative estimate of drug-likeness (QED) is 0.812. The Hall–Kier alpha value is -0.390. The molecule has 4 nitrogen and oxygen atoms in total. The first-order valence-electron chi connectivity index (χ1n) is 8.14. The van der Waals surface area contributed by atoms with Crippen LogP contribution in [0.4, 0.5) is 0 Å². The lowest BCUT2D eigenvalue weighted by Gasteiger charge is -2.27. The van der Waals surface area contributed by atoms with E-state index >= 15 is 0 Å². The van der Waals surface area contributed by atoms with Crippen molar-refractivity contribution in [3.63, 3.8) is 0 Å². The van der Waals surface area contributed by atoms with Crippen LogP contribution in [0.15, 0.2) is 4.47 Å². The van der Waals surface area contributed by atoms with Crippen molar-refractivity contribution in [3.8, 4) is 0 Å². The number of aromatic nitrogens is 2. The van der Waals surface area contributed by atoms with E-state index in [0.717, 1.165) is 42.6 Å². The molecule has 1 N–H and O–H groups in total. The second kappa shape index (κ2) is 8.30. The molecular weight excluding hydrogens is 330 g/mol. The van der Waals surface area contributed by atoms with Crippen LogP contribution in [0.25, 0.3) is 0 Å². The molecule has 0 amide bonds. The van der Waals surface area contributed by atoms with Gasteiger partial charge in [-0.2, -0.15) is 5.10 Å².